The number of rotatable bonds is 5. The molecule has 0 aromatic heterocycles. The molecule has 1 unspecified atom stereocenters. The summed E-state index contributed by atoms with van der Waals surface area (Å²) in [5, 5.41) is 4.06. The summed E-state index contributed by atoms with van der Waals surface area (Å²) in [6.07, 6.45) is 2.60. The Morgan fingerprint density at radius 3 is 3.05 bits per heavy atom. The maximum atomic E-state index is 6.09. The Bertz CT molecular complexity index is 409. The van der Waals surface area contributed by atoms with Gasteiger partial charge in [-0.2, -0.15) is 0 Å². The molecule has 106 valence electrons. The molecule has 1 N–H and O–H groups in total. The number of ether oxygens (including phenoxy) is 1. The van der Waals surface area contributed by atoms with Crippen LogP contribution in [0.25, 0.3) is 0 Å². The molecule has 1 saturated heterocycles. The molecule has 3 nitrogen and oxygen atoms in total. The van der Waals surface area contributed by atoms with E-state index in [1.807, 2.05) is 25.2 Å². The number of hydrogen-bond donors (Lipinski definition) is 1. The van der Waals surface area contributed by atoms with Gasteiger partial charge in [0.05, 0.1) is 7.11 Å². The molecule has 1 heterocycles. The number of nitrogens with zero attached hydrogens (tertiary/aromatic N) is 1. The number of methoxy groups -OCH3 is 1. The normalized spacial score (nSPS) is 20.5. The van der Waals surface area contributed by atoms with E-state index in [1.165, 1.54) is 18.4 Å². The highest BCUT2D eigenvalue weighted by Crippen LogP contribution is 2.26. The van der Waals surface area contributed by atoms with Gasteiger partial charge in [0.2, 0.25) is 0 Å². The summed E-state index contributed by atoms with van der Waals surface area (Å²) in [7, 11) is 3.74. The van der Waals surface area contributed by atoms with Crippen molar-refractivity contribution in [3.8, 4) is 5.75 Å². The molecular weight excluding hydrogens is 260 g/mol. The number of hydrogen-bond acceptors (Lipinski definition) is 3. The average molecular weight is 283 g/mol. The van der Waals surface area contributed by atoms with E-state index in [0.29, 0.717) is 0 Å². The quantitative estimate of drug-likeness (QED) is 0.899. The zero-order valence-electron chi connectivity index (χ0n) is 11.8. The van der Waals surface area contributed by atoms with Crippen LogP contribution in [0.1, 0.15) is 18.4 Å². The van der Waals surface area contributed by atoms with Gasteiger partial charge in [-0.1, -0.05) is 11.6 Å². The fourth-order valence-electron chi connectivity index (χ4n) is 2.86. The highest BCUT2D eigenvalue weighted by atomic mass is 35.5. The van der Waals surface area contributed by atoms with Crippen molar-refractivity contribution in [3.05, 3.63) is 28.8 Å². The van der Waals surface area contributed by atoms with Gasteiger partial charge >= 0.3 is 0 Å². The van der Waals surface area contributed by atoms with Crippen LogP contribution in [-0.4, -0.2) is 38.7 Å². The molecular formula is C15H23ClN2O. The lowest BCUT2D eigenvalue weighted by atomic mass is 9.97. The monoisotopic (exact) mass is 282 g/mol. The van der Waals surface area contributed by atoms with Gasteiger partial charge in [0, 0.05) is 23.7 Å². The van der Waals surface area contributed by atoms with Gasteiger partial charge in [0.1, 0.15) is 5.75 Å². The predicted octanol–water partition coefficient (Wildman–Crippen LogP) is 2.78. The predicted molar refractivity (Wildman–Crippen MR) is 79.9 cm³/mol. The van der Waals surface area contributed by atoms with E-state index in [4.69, 9.17) is 16.3 Å². The van der Waals surface area contributed by atoms with Crippen LogP contribution in [0.15, 0.2) is 18.2 Å². The number of benzene rings is 1. The molecule has 0 radical (unpaired) electrons. The van der Waals surface area contributed by atoms with E-state index >= 15 is 0 Å². The molecule has 2 rings (SSSR count). The Hall–Kier alpha value is -0.770. The highest BCUT2D eigenvalue weighted by molar-refractivity contribution is 6.30. The first-order valence-electron chi connectivity index (χ1n) is 6.92. The molecule has 19 heavy (non-hydrogen) atoms. The highest BCUT2D eigenvalue weighted by Gasteiger charge is 2.20. The lowest BCUT2D eigenvalue weighted by Crippen LogP contribution is -2.38. The van der Waals surface area contributed by atoms with Gasteiger partial charge in [0.15, 0.2) is 0 Å². The Balaban J connectivity index is 2.01. The SMILES string of the molecule is CNCC1CCCN(Cc2cc(Cl)ccc2OC)C1. The van der Waals surface area contributed by atoms with Gasteiger partial charge < -0.3 is 10.1 Å². The first kappa shape index (κ1) is 14.6. The van der Waals surface area contributed by atoms with E-state index in [2.05, 4.69) is 10.2 Å². The van der Waals surface area contributed by atoms with Crippen molar-refractivity contribution >= 4 is 11.6 Å². The van der Waals surface area contributed by atoms with Crippen LogP contribution in [0.5, 0.6) is 5.75 Å². The van der Waals surface area contributed by atoms with Crippen molar-refractivity contribution in [3.63, 3.8) is 0 Å². The van der Waals surface area contributed by atoms with Crippen molar-refractivity contribution < 1.29 is 4.74 Å². The van der Waals surface area contributed by atoms with Gasteiger partial charge in [-0.25, -0.2) is 0 Å². The zero-order chi connectivity index (χ0) is 13.7. The molecule has 0 spiro atoms. The molecule has 1 aliphatic rings. The van der Waals surface area contributed by atoms with Crippen molar-refractivity contribution in [1.82, 2.24) is 10.2 Å². The van der Waals surface area contributed by atoms with E-state index in [-0.39, 0.29) is 0 Å². The Morgan fingerprint density at radius 1 is 1.47 bits per heavy atom. The van der Waals surface area contributed by atoms with Crippen LogP contribution >= 0.6 is 11.6 Å². The lowest BCUT2D eigenvalue weighted by Gasteiger charge is -2.33. The molecule has 4 heteroatoms. The fourth-order valence-corrected chi connectivity index (χ4v) is 3.06. The topological polar surface area (TPSA) is 24.5 Å². The van der Waals surface area contributed by atoms with Crippen LogP contribution in [0, 0.1) is 5.92 Å². The number of piperidine rings is 1. The molecule has 1 fully saturated rings. The van der Waals surface area contributed by atoms with Gasteiger partial charge in [-0.15, -0.1) is 0 Å². The summed E-state index contributed by atoms with van der Waals surface area (Å²) in [5.74, 6) is 1.68. The summed E-state index contributed by atoms with van der Waals surface area (Å²) in [5.41, 5.74) is 1.18. The Kier molecular flexibility index (Phi) is 5.49. The number of likely N-dealkylation sites (tertiary alicyclic amines) is 1. The summed E-state index contributed by atoms with van der Waals surface area (Å²) < 4.78 is 5.42. The summed E-state index contributed by atoms with van der Waals surface area (Å²) in [6.45, 7) is 4.33. The van der Waals surface area contributed by atoms with E-state index in [9.17, 15) is 0 Å². The molecule has 0 bridgehead atoms. The van der Waals surface area contributed by atoms with Crippen molar-refractivity contribution in [2.45, 2.75) is 19.4 Å². The minimum atomic E-state index is 0.754. The molecule has 1 aromatic rings. The average Bonchev–Trinajstić information content (AvgIpc) is 2.40. The molecule has 0 aliphatic carbocycles. The molecule has 1 atom stereocenters. The number of halogens is 1. The van der Waals surface area contributed by atoms with E-state index in [1.54, 1.807) is 7.11 Å². The third kappa shape index (κ3) is 4.10. The minimum Gasteiger partial charge on any atom is -0.496 e. The Morgan fingerprint density at radius 2 is 2.32 bits per heavy atom. The second-order valence-electron chi connectivity index (χ2n) is 5.26. The second-order valence-corrected chi connectivity index (χ2v) is 5.69. The largest absolute Gasteiger partial charge is 0.496 e. The van der Waals surface area contributed by atoms with Gasteiger partial charge in [-0.05, 0) is 57.1 Å². The molecule has 0 amide bonds. The zero-order valence-corrected chi connectivity index (χ0v) is 12.5. The fraction of sp³-hybridized carbons (Fsp3) is 0.600. The maximum Gasteiger partial charge on any atom is 0.123 e. The maximum absolute atomic E-state index is 6.09. The minimum absolute atomic E-state index is 0.754. The third-order valence-electron chi connectivity index (χ3n) is 3.73. The van der Waals surface area contributed by atoms with E-state index in [0.717, 1.165) is 42.9 Å². The second kappa shape index (κ2) is 7.13. The molecule has 0 saturated carbocycles. The van der Waals surface area contributed by atoms with Crippen molar-refractivity contribution in [2.75, 3.05) is 33.8 Å². The van der Waals surface area contributed by atoms with Crippen LogP contribution in [0.2, 0.25) is 5.02 Å². The van der Waals surface area contributed by atoms with Gasteiger partial charge in [-0.3, -0.25) is 4.90 Å². The van der Waals surface area contributed by atoms with E-state index < -0.39 is 0 Å². The molecule has 1 aromatic carbocycles. The lowest BCUT2D eigenvalue weighted by molar-refractivity contribution is 0.165. The van der Waals surface area contributed by atoms with Crippen LogP contribution < -0.4 is 10.1 Å². The first-order valence-corrected chi connectivity index (χ1v) is 7.30. The Labute approximate surface area is 120 Å². The molecule has 1 aliphatic heterocycles. The number of nitrogens with one attached hydrogen (secondary N) is 1. The van der Waals surface area contributed by atoms with Crippen LogP contribution in [0.4, 0.5) is 0 Å². The van der Waals surface area contributed by atoms with Crippen molar-refractivity contribution in [1.29, 1.82) is 0 Å². The third-order valence-corrected chi connectivity index (χ3v) is 3.97. The summed E-state index contributed by atoms with van der Waals surface area (Å²) >= 11 is 6.09. The standard InChI is InChI=1S/C15H23ClN2O/c1-17-9-12-4-3-7-18(10-12)11-13-8-14(16)5-6-15(13)19-2/h5-6,8,12,17H,3-4,7,9-11H2,1-2H3. The van der Waals surface area contributed by atoms with Crippen LogP contribution in [0.3, 0.4) is 0 Å². The smallest absolute Gasteiger partial charge is 0.123 e. The van der Waals surface area contributed by atoms with Crippen LogP contribution in [-0.2, 0) is 6.54 Å². The summed E-state index contributed by atoms with van der Waals surface area (Å²) in [4.78, 5) is 2.50. The first-order chi connectivity index (χ1) is 9.22. The summed E-state index contributed by atoms with van der Waals surface area (Å²) in [6, 6.07) is 5.85. The van der Waals surface area contributed by atoms with Gasteiger partial charge in [0.25, 0.3) is 0 Å². The van der Waals surface area contributed by atoms with Crippen molar-refractivity contribution in [2.24, 2.45) is 5.92 Å².